The third-order valence-electron chi connectivity index (χ3n) is 7.53. The highest BCUT2D eigenvalue weighted by Gasteiger charge is 2.33. The van der Waals surface area contributed by atoms with Gasteiger partial charge in [0.1, 0.15) is 17.8 Å². The van der Waals surface area contributed by atoms with Crippen LogP contribution in [-0.4, -0.2) is 44.4 Å². The predicted molar refractivity (Wildman–Crippen MR) is 155 cm³/mol. The summed E-state index contributed by atoms with van der Waals surface area (Å²) in [6.07, 6.45) is 5.59. The Kier molecular flexibility index (Phi) is 6.34. The average molecular weight is 546 g/mol. The first kappa shape index (κ1) is 26.3. The molecule has 1 fully saturated rings. The number of amides is 1. The van der Waals surface area contributed by atoms with Crippen molar-refractivity contribution in [1.82, 2.24) is 24.9 Å². The molecule has 2 aromatic carbocycles. The number of hydrogen-bond acceptors (Lipinski definition) is 8. The van der Waals surface area contributed by atoms with Gasteiger partial charge in [0.2, 0.25) is 0 Å². The van der Waals surface area contributed by atoms with Crippen LogP contribution in [0.1, 0.15) is 84.0 Å². The van der Waals surface area contributed by atoms with Crippen LogP contribution < -0.4 is 10.6 Å². The summed E-state index contributed by atoms with van der Waals surface area (Å²) in [5.41, 5.74) is 5.65. The second-order valence-corrected chi connectivity index (χ2v) is 12.1. The van der Waals surface area contributed by atoms with Crippen molar-refractivity contribution < 1.29 is 4.79 Å². The standard InChI is InChI=1S/C31H31N9O/c1-31(2,3)17-35-28-20(13-33)14-34-27-19(12-32)10-21(11-24(27)28)36-29(25-16-40(38-37-25)22-8-9-22)23-7-5-6-18-15-39(4)30(41)26(18)23/h5-7,10-11,14,16,22,29,36H,8-9,15,17H2,1-4H3,(H,34,35)/t29-/m0/s1. The van der Waals surface area contributed by atoms with E-state index in [0.717, 1.165) is 24.0 Å². The Hall–Kier alpha value is -4.96. The predicted octanol–water partition coefficient (Wildman–Crippen LogP) is 5.15. The molecule has 1 amide bonds. The van der Waals surface area contributed by atoms with Crippen molar-refractivity contribution in [3.63, 3.8) is 0 Å². The van der Waals surface area contributed by atoms with E-state index in [0.29, 0.717) is 63.8 Å². The van der Waals surface area contributed by atoms with Crippen LogP contribution in [0.2, 0.25) is 0 Å². The molecular formula is C31H31N9O. The van der Waals surface area contributed by atoms with E-state index in [9.17, 15) is 15.3 Å². The molecule has 1 aliphatic carbocycles. The number of nitriles is 2. The number of hydrogen-bond donors (Lipinski definition) is 2. The van der Waals surface area contributed by atoms with Gasteiger partial charge in [-0.1, -0.05) is 44.2 Å². The molecule has 0 radical (unpaired) electrons. The monoisotopic (exact) mass is 545 g/mol. The molecule has 10 heteroatoms. The summed E-state index contributed by atoms with van der Waals surface area (Å²) in [5.74, 6) is -0.0373. The maximum atomic E-state index is 13.2. The van der Waals surface area contributed by atoms with Crippen LogP contribution in [0.3, 0.4) is 0 Å². The summed E-state index contributed by atoms with van der Waals surface area (Å²) in [6, 6.07) is 13.9. The first-order valence-electron chi connectivity index (χ1n) is 13.7. The number of carbonyl (C=O) groups is 1. The van der Waals surface area contributed by atoms with Crippen molar-refractivity contribution in [2.75, 3.05) is 24.2 Å². The number of aromatic nitrogens is 4. The third kappa shape index (κ3) is 4.93. The molecule has 2 N–H and O–H groups in total. The molecule has 206 valence electrons. The first-order chi connectivity index (χ1) is 19.7. The zero-order valence-corrected chi connectivity index (χ0v) is 23.6. The van der Waals surface area contributed by atoms with Gasteiger partial charge in [-0.15, -0.1) is 5.10 Å². The Bertz CT molecular complexity index is 1770. The van der Waals surface area contributed by atoms with Gasteiger partial charge in [0, 0.05) is 37.4 Å². The van der Waals surface area contributed by atoms with Crippen LogP contribution in [0.25, 0.3) is 10.9 Å². The molecule has 2 aromatic heterocycles. The highest BCUT2D eigenvalue weighted by Crippen LogP contribution is 2.38. The normalized spacial score (nSPS) is 15.4. The third-order valence-corrected chi connectivity index (χ3v) is 7.53. The molecule has 4 aromatic rings. The minimum Gasteiger partial charge on any atom is -0.383 e. The first-order valence-corrected chi connectivity index (χ1v) is 13.7. The minimum atomic E-state index is -0.505. The summed E-state index contributed by atoms with van der Waals surface area (Å²) in [6.45, 7) is 7.50. The summed E-state index contributed by atoms with van der Waals surface area (Å²) in [4.78, 5) is 19.4. The van der Waals surface area contributed by atoms with Crippen molar-refractivity contribution in [3.8, 4) is 12.1 Å². The van der Waals surface area contributed by atoms with E-state index < -0.39 is 6.04 Å². The molecule has 1 atom stereocenters. The van der Waals surface area contributed by atoms with Crippen LogP contribution in [0.5, 0.6) is 0 Å². The topological polar surface area (TPSA) is 136 Å². The lowest BCUT2D eigenvalue weighted by atomic mass is 9.94. The molecule has 41 heavy (non-hydrogen) atoms. The van der Waals surface area contributed by atoms with Crippen molar-refractivity contribution >= 4 is 28.2 Å². The molecule has 0 spiro atoms. The maximum absolute atomic E-state index is 13.2. The molecule has 6 rings (SSSR count). The molecule has 2 aliphatic rings. The summed E-state index contributed by atoms with van der Waals surface area (Å²) >= 11 is 0. The minimum absolute atomic E-state index is 0.0373. The SMILES string of the molecule is CN1Cc2cccc([C@H](Nc3cc(C#N)c4ncc(C#N)c(NCC(C)(C)C)c4c3)c3cn(C4CC4)nn3)c2C1=O. The molecule has 0 unspecified atom stereocenters. The lowest BCUT2D eigenvalue weighted by molar-refractivity contribution is 0.0815. The molecular weight excluding hydrogens is 514 g/mol. The lowest BCUT2D eigenvalue weighted by Crippen LogP contribution is -2.21. The fourth-order valence-electron chi connectivity index (χ4n) is 5.29. The Balaban J connectivity index is 1.49. The smallest absolute Gasteiger partial charge is 0.254 e. The fourth-order valence-corrected chi connectivity index (χ4v) is 5.29. The van der Waals surface area contributed by atoms with Gasteiger partial charge < -0.3 is 15.5 Å². The Morgan fingerprint density at radius 1 is 1.15 bits per heavy atom. The van der Waals surface area contributed by atoms with E-state index in [-0.39, 0.29) is 11.3 Å². The molecule has 3 heterocycles. The van der Waals surface area contributed by atoms with E-state index in [1.54, 1.807) is 18.0 Å². The Labute approximate surface area is 238 Å². The largest absolute Gasteiger partial charge is 0.383 e. The molecule has 10 nitrogen and oxygen atoms in total. The van der Waals surface area contributed by atoms with Gasteiger partial charge in [-0.2, -0.15) is 10.5 Å². The van der Waals surface area contributed by atoms with Crippen LogP contribution in [0, 0.1) is 28.1 Å². The number of rotatable bonds is 7. The number of fused-ring (bicyclic) bond motifs is 2. The molecule has 0 saturated heterocycles. The number of anilines is 2. The number of nitrogens with zero attached hydrogens (tertiary/aromatic N) is 7. The number of pyridine rings is 1. The van der Waals surface area contributed by atoms with Crippen molar-refractivity contribution in [2.45, 2.75) is 52.2 Å². The number of nitrogens with one attached hydrogen (secondary N) is 2. The summed E-state index contributed by atoms with van der Waals surface area (Å²) < 4.78 is 1.89. The second kappa shape index (κ2) is 9.90. The lowest BCUT2D eigenvalue weighted by Gasteiger charge is -2.23. The maximum Gasteiger partial charge on any atom is 0.254 e. The van der Waals surface area contributed by atoms with Gasteiger partial charge in [0.15, 0.2) is 0 Å². The van der Waals surface area contributed by atoms with Crippen LogP contribution in [0.4, 0.5) is 11.4 Å². The number of carbonyl (C=O) groups excluding carboxylic acids is 1. The van der Waals surface area contributed by atoms with E-state index in [2.05, 4.69) is 58.8 Å². The summed E-state index contributed by atoms with van der Waals surface area (Å²) in [7, 11) is 1.80. The highest BCUT2D eigenvalue weighted by atomic mass is 16.2. The van der Waals surface area contributed by atoms with Gasteiger partial charge in [-0.3, -0.25) is 9.78 Å². The van der Waals surface area contributed by atoms with E-state index in [1.165, 1.54) is 6.20 Å². The fraction of sp³-hybridized carbons (Fsp3) is 0.355. The van der Waals surface area contributed by atoms with Gasteiger partial charge in [0.25, 0.3) is 5.91 Å². The van der Waals surface area contributed by atoms with Crippen LogP contribution >= 0.6 is 0 Å². The van der Waals surface area contributed by atoms with Crippen molar-refractivity contribution in [3.05, 3.63) is 76.2 Å². The van der Waals surface area contributed by atoms with Gasteiger partial charge in [0.05, 0.1) is 46.2 Å². The van der Waals surface area contributed by atoms with E-state index >= 15 is 0 Å². The Morgan fingerprint density at radius 3 is 2.63 bits per heavy atom. The number of benzene rings is 2. The Morgan fingerprint density at radius 2 is 1.93 bits per heavy atom. The van der Waals surface area contributed by atoms with E-state index in [4.69, 9.17) is 0 Å². The van der Waals surface area contributed by atoms with E-state index in [1.807, 2.05) is 35.1 Å². The summed E-state index contributed by atoms with van der Waals surface area (Å²) in [5, 5.41) is 36.5. The van der Waals surface area contributed by atoms with Gasteiger partial charge in [-0.05, 0) is 41.5 Å². The zero-order valence-electron chi connectivity index (χ0n) is 23.6. The molecule has 1 saturated carbocycles. The zero-order chi connectivity index (χ0) is 28.9. The van der Waals surface area contributed by atoms with Crippen molar-refractivity contribution in [1.29, 1.82) is 10.5 Å². The highest BCUT2D eigenvalue weighted by molar-refractivity contribution is 6.01. The molecule has 1 aliphatic heterocycles. The van der Waals surface area contributed by atoms with Crippen LogP contribution in [0.15, 0.2) is 42.7 Å². The van der Waals surface area contributed by atoms with Crippen LogP contribution in [-0.2, 0) is 6.54 Å². The average Bonchev–Trinajstić information content (AvgIpc) is 3.61. The second-order valence-electron chi connectivity index (χ2n) is 12.1. The van der Waals surface area contributed by atoms with Crippen molar-refractivity contribution in [2.24, 2.45) is 5.41 Å². The van der Waals surface area contributed by atoms with Gasteiger partial charge in [-0.25, -0.2) is 4.68 Å². The molecule has 0 bridgehead atoms. The van der Waals surface area contributed by atoms with Gasteiger partial charge >= 0.3 is 0 Å². The quantitative estimate of drug-likeness (QED) is 0.325.